The summed E-state index contributed by atoms with van der Waals surface area (Å²) < 4.78 is 13.4. The Labute approximate surface area is 186 Å². The highest BCUT2D eigenvalue weighted by atomic mass is 16.5. The van der Waals surface area contributed by atoms with Crippen molar-refractivity contribution in [1.29, 1.82) is 0 Å². The third kappa shape index (κ3) is 3.94. The molecule has 1 aliphatic rings. The van der Waals surface area contributed by atoms with E-state index in [-0.39, 0.29) is 6.10 Å². The van der Waals surface area contributed by atoms with E-state index in [0.717, 1.165) is 64.9 Å². The zero-order valence-corrected chi connectivity index (χ0v) is 18.5. The minimum absolute atomic E-state index is 0.170. The van der Waals surface area contributed by atoms with E-state index in [2.05, 4.69) is 26.9 Å². The van der Waals surface area contributed by atoms with Crippen LogP contribution < -0.4 is 4.74 Å². The monoisotopic (exact) mass is 430 g/mol. The van der Waals surface area contributed by atoms with Gasteiger partial charge in [0.1, 0.15) is 11.9 Å². The van der Waals surface area contributed by atoms with Crippen molar-refractivity contribution in [3.63, 3.8) is 0 Å². The number of hydrogen-bond acceptors (Lipinski definition) is 7. The van der Waals surface area contributed by atoms with Crippen LogP contribution >= 0.6 is 0 Å². The Hall–Kier alpha value is -3.36. The molecule has 8 heteroatoms. The number of ether oxygens (including phenoxy) is 2. The number of aryl methyl sites for hydroxylation is 2. The van der Waals surface area contributed by atoms with Crippen LogP contribution in [0.2, 0.25) is 0 Å². The summed E-state index contributed by atoms with van der Waals surface area (Å²) in [6.07, 6.45) is 5.19. The maximum absolute atomic E-state index is 6.15. The number of morpholine rings is 1. The van der Waals surface area contributed by atoms with Crippen molar-refractivity contribution in [1.82, 2.24) is 29.5 Å². The highest BCUT2D eigenvalue weighted by molar-refractivity contribution is 5.63. The van der Waals surface area contributed by atoms with Crippen LogP contribution in [0.5, 0.6) is 5.75 Å². The van der Waals surface area contributed by atoms with E-state index in [9.17, 15) is 0 Å². The summed E-state index contributed by atoms with van der Waals surface area (Å²) in [5.74, 6) is 0.788. The number of benzene rings is 1. The van der Waals surface area contributed by atoms with Crippen LogP contribution in [0.1, 0.15) is 28.7 Å². The Morgan fingerprint density at radius 2 is 2.03 bits per heavy atom. The van der Waals surface area contributed by atoms with Crippen LogP contribution in [0.3, 0.4) is 0 Å². The topological polar surface area (TPSA) is 77.7 Å². The lowest BCUT2D eigenvalue weighted by atomic mass is 10.0. The first-order chi connectivity index (χ1) is 15.6. The first-order valence-electron chi connectivity index (χ1n) is 10.7. The van der Waals surface area contributed by atoms with Crippen molar-refractivity contribution in [3.05, 3.63) is 71.6 Å². The zero-order valence-electron chi connectivity index (χ0n) is 18.5. The van der Waals surface area contributed by atoms with E-state index in [0.29, 0.717) is 6.61 Å². The Kier molecular flexibility index (Phi) is 5.55. The van der Waals surface area contributed by atoms with Crippen molar-refractivity contribution in [3.8, 4) is 17.0 Å². The van der Waals surface area contributed by atoms with Crippen LogP contribution in [-0.2, 0) is 11.3 Å². The molecule has 1 atom stereocenters. The lowest BCUT2D eigenvalue weighted by Gasteiger charge is -2.32. The second kappa shape index (κ2) is 8.64. The number of fused-ring (bicyclic) bond motifs is 1. The van der Waals surface area contributed by atoms with E-state index in [1.54, 1.807) is 19.5 Å². The van der Waals surface area contributed by atoms with E-state index >= 15 is 0 Å². The highest BCUT2D eigenvalue weighted by Crippen LogP contribution is 2.31. The lowest BCUT2D eigenvalue weighted by molar-refractivity contribution is -0.0347. The molecule has 4 heterocycles. The predicted octanol–water partition coefficient (Wildman–Crippen LogP) is 3.39. The molecule has 32 heavy (non-hydrogen) atoms. The maximum atomic E-state index is 6.15. The van der Waals surface area contributed by atoms with E-state index in [1.165, 1.54) is 0 Å². The van der Waals surface area contributed by atoms with Gasteiger partial charge in [-0.15, -0.1) is 0 Å². The fourth-order valence-electron chi connectivity index (χ4n) is 4.26. The minimum Gasteiger partial charge on any atom is -0.497 e. The quantitative estimate of drug-likeness (QED) is 0.480. The largest absolute Gasteiger partial charge is 0.497 e. The molecule has 0 unspecified atom stereocenters. The number of rotatable bonds is 5. The molecule has 1 aromatic carbocycles. The van der Waals surface area contributed by atoms with Crippen LogP contribution in [0.15, 0.2) is 48.9 Å². The van der Waals surface area contributed by atoms with Crippen LogP contribution in [-0.4, -0.2) is 56.3 Å². The van der Waals surface area contributed by atoms with Crippen molar-refractivity contribution in [2.24, 2.45) is 0 Å². The summed E-state index contributed by atoms with van der Waals surface area (Å²) in [6.45, 7) is 7.02. The molecule has 4 aromatic rings. The first-order valence-corrected chi connectivity index (χ1v) is 10.7. The van der Waals surface area contributed by atoms with Crippen molar-refractivity contribution >= 4 is 5.65 Å². The van der Waals surface area contributed by atoms with Gasteiger partial charge in [0.2, 0.25) is 0 Å². The summed E-state index contributed by atoms with van der Waals surface area (Å²) in [5.41, 5.74) is 6.75. The molecule has 0 radical (unpaired) electrons. The summed E-state index contributed by atoms with van der Waals surface area (Å²) in [7, 11) is 1.66. The van der Waals surface area contributed by atoms with Crippen molar-refractivity contribution in [2.75, 3.05) is 26.8 Å². The molecule has 0 N–H and O–H groups in total. The van der Waals surface area contributed by atoms with Gasteiger partial charge in [0.15, 0.2) is 5.65 Å². The number of nitrogens with zero attached hydrogens (tertiary/aromatic N) is 6. The molecule has 1 fully saturated rings. The molecule has 0 bridgehead atoms. The van der Waals surface area contributed by atoms with Gasteiger partial charge in [0.05, 0.1) is 31.3 Å². The molecular weight excluding hydrogens is 404 g/mol. The second-order valence-corrected chi connectivity index (χ2v) is 8.06. The average Bonchev–Trinajstić information content (AvgIpc) is 3.22. The molecule has 0 saturated carbocycles. The molecule has 1 aliphatic heterocycles. The molecule has 0 spiro atoms. The van der Waals surface area contributed by atoms with Crippen molar-refractivity contribution in [2.45, 2.75) is 26.5 Å². The maximum Gasteiger partial charge on any atom is 0.159 e. The Bertz CT molecular complexity index is 1250. The van der Waals surface area contributed by atoms with Crippen LogP contribution in [0.25, 0.3) is 16.9 Å². The normalized spacial score (nSPS) is 17.0. The van der Waals surface area contributed by atoms with E-state index in [1.807, 2.05) is 48.0 Å². The Morgan fingerprint density at radius 1 is 1.16 bits per heavy atom. The Balaban J connectivity index is 1.41. The zero-order chi connectivity index (χ0) is 22.1. The summed E-state index contributed by atoms with van der Waals surface area (Å²) in [6, 6.07) is 9.92. The number of aromatic nitrogens is 5. The summed E-state index contributed by atoms with van der Waals surface area (Å²) in [4.78, 5) is 16.4. The standard InChI is InChI=1S/C24H26N6O2/c1-16-11-17(2)30-24(28-16)19(13-27-30)14-29-9-10-32-21(15-29)23-22(25-7-8-26-23)18-5-4-6-20(12-18)31-3/h4-8,11-13,21H,9-10,14-15H2,1-3H3/t21-/m0/s1. The number of hydrogen-bond donors (Lipinski definition) is 0. The predicted molar refractivity (Wildman–Crippen MR) is 120 cm³/mol. The lowest BCUT2D eigenvalue weighted by Crippen LogP contribution is -2.38. The molecule has 0 amide bonds. The van der Waals surface area contributed by atoms with Gasteiger partial charge >= 0.3 is 0 Å². The minimum atomic E-state index is -0.170. The molecular formula is C24H26N6O2. The van der Waals surface area contributed by atoms with Gasteiger partial charge in [-0.05, 0) is 32.0 Å². The van der Waals surface area contributed by atoms with Gasteiger partial charge in [-0.25, -0.2) is 9.50 Å². The molecule has 5 rings (SSSR count). The Morgan fingerprint density at radius 3 is 2.91 bits per heavy atom. The van der Waals surface area contributed by atoms with Gasteiger partial charge < -0.3 is 9.47 Å². The molecule has 0 aliphatic carbocycles. The third-order valence-electron chi connectivity index (χ3n) is 5.77. The van der Waals surface area contributed by atoms with Gasteiger partial charge in [0.25, 0.3) is 0 Å². The van der Waals surface area contributed by atoms with E-state index < -0.39 is 0 Å². The third-order valence-corrected chi connectivity index (χ3v) is 5.77. The van der Waals surface area contributed by atoms with Gasteiger partial charge in [0, 0.05) is 54.5 Å². The van der Waals surface area contributed by atoms with Crippen molar-refractivity contribution < 1.29 is 9.47 Å². The smallest absolute Gasteiger partial charge is 0.159 e. The fourth-order valence-corrected chi connectivity index (χ4v) is 4.26. The van der Waals surface area contributed by atoms with E-state index in [4.69, 9.17) is 14.5 Å². The van der Waals surface area contributed by atoms with Crippen LogP contribution in [0, 0.1) is 13.8 Å². The molecule has 8 nitrogen and oxygen atoms in total. The van der Waals surface area contributed by atoms with Gasteiger partial charge in [-0.3, -0.25) is 14.9 Å². The molecule has 1 saturated heterocycles. The SMILES string of the molecule is COc1cccc(-c2nccnc2[C@@H]2CN(Cc3cnn4c(C)cc(C)nc34)CCO2)c1. The second-order valence-electron chi connectivity index (χ2n) is 8.06. The molecule has 3 aromatic heterocycles. The first kappa shape index (κ1) is 20.5. The van der Waals surface area contributed by atoms with Gasteiger partial charge in [-0.1, -0.05) is 12.1 Å². The van der Waals surface area contributed by atoms with Gasteiger partial charge in [-0.2, -0.15) is 5.10 Å². The summed E-state index contributed by atoms with van der Waals surface area (Å²) >= 11 is 0. The summed E-state index contributed by atoms with van der Waals surface area (Å²) in [5, 5.41) is 4.53. The molecule has 164 valence electrons. The fraction of sp³-hybridized carbons (Fsp3) is 0.333. The highest BCUT2D eigenvalue weighted by Gasteiger charge is 2.27. The van der Waals surface area contributed by atoms with Crippen LogP contribution in [0.4, 0.5) is 0 Å². The average molecular weight is 431 g/mol. The number of methoxy groups -OCH3 is 1.